The van der Waals surface area contributed by atoms with Crippen molar-refractivity contribution in [2.24, 2.45) is 0 Å². The highest BCUT2D eigenvalue weighted by Crippen LogP contribution is 2.30. The third-order valence-corrected chi connectivity index (χ3v) is 5.23. The summed E-state index contributed by atoms with van der Waals surface area (Å²) in [5.41, 5.74) is -0.426. The molecule has 0 bridgehead atoms. The van der Waals surface area contributed by atoms with E-state index in [4.69, 9.17) is 4.74 Å². The van der Waals surface area contributed by atoms with Gasteiger partial charge in [0.15, 0.2) is 0 Å². The molecule has 1 N–H and O–H groups in total. The number of halogens is 2. The lowest BCUT2D eigenvalue weighted by Crippen LogP contribution is -2.43. The van der Waals surface area contributed by atoms with Gasteiger partial charge in [0.05, 0.1) is 0 Å². The standard InChI is InChI=1S/C11H19Br2NO2/c1-11(2,3)16-10(15)14-7-4-5-8(12)9(13)6-7/h7-9H,4-6H2,1-3H3,(H,14,15)/t7-,8-,9-/m0/s1. The van der Waals surface area contributed by atoms with Crippen LogP contribution >= 0.6 is 31.9 Å². The number of ether oxygens (including phenoxy) is 1. The summed E-state index contributed by atoms with van der Waals surface area (Å²) in [6.45, 7) is 5.61. The zero-order valence-corrected chi connectivity index (χ0v) is 13.1. The van der Waals surface area contributed by atoms with Gasteiger partial charge in [0, 0.05) is 15.7 Å². The second-order valence-electron chi connectivity index (χ2n) is 5.19. The monoisotopic (exact) mass is 355 g/mol. The molecule has 3 nitrogen and oxygen atoms in total. The van der Waals surface area contributed by atoms with Crippen LogP contribution in [0.2, 0.25) is 0 Å². The number of alkyl carbamates (subject to hydrolysis) is 1. The van der Waals surface area contributed by atoms with Gasteiger partial charge in [0.2, 0.25) is 0 Å². The van der Waals surface area contributed by atoms with E-state index in [0.717, 1.165) is 19.3 Å². The van der Waals surface area contributed by atoms with Crippen LogP contribution in [0, 0.1) is 0 Å². The molecule has 0 aromatic carbocycles. The van der Waals surface area contributed by atoms with Crippen molar-refractivity contribution >= 4 is 38.0 Å². The first-order chi connectivity index (χ1) is 7.28. The average molecular weight is 357 g/mol. The Bertz CT molecular complexity index is 253. The van der Waals surface area contributed by atoms with Gasteiger partial charge in [-0.3, -0.25) is 0 Å². The molecule has 0 aliphatic heterocycles. The van der Waals surface area contributed by atoms with Crippen molar-refractivity contribution in [2.75, 3.05) is 0 Å². The Kier molecular flexibility index (Phi) is 5.10. The number of nitrogens with one attached hydrogen (secondary N) is 1. The summed E-state index contributed by atoms with van der Waals surface area (Å²) in [7, 11) is 0. The van der Waals surface area contributed by atoms with E-state index < -0.39 is 5.60 Å². The number of carbonyl (C=O) groups excluding carboxylic acids is 1. The van der Waals surface area contributed by atoms with E-state index >= 15 is 0 Å². The minimum absolute atomic E-state index is 0.216. The van der Waals surface area contributed by atoms with Crippen molar-refractivity contribution in [1.82, 2.24) is 5.32 Å². The van der Waals surface area contributed by atoms with Gasteiger partial charge < -0.3 is 10.1 Å². The Morgan fingerprint density at radius 3 is 2.38 bits per heavy atom. The van der Waals surface area contributed by atoms with E-state index in [1.807, 2.05) is 20.8 Å². The molecule has 1 aliphatic rings. The number of rotatable bonds is 1. The SMILES string of the molecule is CC(C)(C)OC(=O)N[C@H]1CC[C@H](Br)[C@@H](Br)C1. The average Bonchev–Trinajstić information content (AvgIpc) is 2.08. The topological polar surface area (TPSA) is 38.3 Å². The Morgan fingerprint density at radius 1 is 1.25 bits per heavy atom. The summed E-state index contributed by atoms with van der Waals surface area (Å²) in [6.07, 6.45) is 2.69. The molecule has 1 saturated carbocycles. The van der Waals surface area contributed by atoms with Crippen molar-refractivity contribution in [3.63, 3.8) is 0 Å². The molecule has 0 spiro atoms. The van der Waals surface area contributed by atoms with Crippen LogP contribution in [0.1, 0.15) is 40.0 Å². The minimum Gasteiger partial charge on any atom is -0.444 e. The molecule has 1 amide bonds. The minimum atomic E-state index is -0.426. The molecule has 0 saturated heterocycles. The van der Waals surface area contributed by atoms with Crippen molar-refractivity contribution in [3.8, 4) is 0 Å². The first-order valence-corrected chi connectivity index (χ1v) is 7.39. The lowest BCUT2D eigenvalue weighted by molar-refractivity contribution is 0.0495. The summed E-state index contributed by atoms with van der Waals surface area (Å²) >= 11 is 7.21. The quantitative estimate of drug-likeness (QED) is 0.729. The van der Waals surface area contributed by atoms with Gasteiger partial charge in [-0.25, -0.2) is 4.79 Å². The fraction of sp³-hybridized carbons (Fsp3) is 0.909. The second kappa shape index (κ2) is 5.71. The van der Waals surface area contributed by atoms with Gasteiger partial charge in [-0.05, 0) is 40.0 Å². The number of hydrogen-bond acceptors (Lipinski definition) is 2. The first-order valence-electron chi connectivity index (χ1n) is 5.55. The molecule has 1 rings (SSSR count). The Balaban J connectivity index is 2.35. The van der Waals surface area contributed by atoms with Gasteiger partial charge in [-0.2, -0.15) is 0 Å². The predicted molar refractivity (Wildman–Crippen MR) is 72.4 cm³/mol. The van der Waals surface area contributed by atoms with Crippen molar-refractivity contribution in [2.45, 2.75) is 61.3 Å². The number of alkyl halides is 2. The number of carbonyl (C=O) groups is 1. The molecular weight excluding hydrogens is 338 g/mol. The predicted octanol–water partition coefficient (Wildman–Crippen LogP) is 3.59. The van der Waals surface area contributed by atoms with Crippen LogP contribution in [-0.4, -0.2) is 27.4 Å². The van der Waals surface area contributed by atoms with Crippen LogP contribution in [0.15, 0.2) is 0 Å². The van der Waals surface area contributed by atoms with Gasteiger partial charge in [0.25, 0.3) is 0 Å². The molecule has 94 valence electrons. The maximum Gasteiger partial charge on any atom is 0.407 e. The summed E-state index contributed by atoms with van der Waals surface area (Å²) in [6, 6.07) is 0.216. The summed E-state index contributed by atoms with van der Waals surface area (Å²) in [5, 5.41) is 2.91. The zero-order valence-electron chi connectivity index (χ0n) is 9.93. The molecule has 3 atom stereocenters. The summed E-state index contributed by atoms with van der Waals surface area (Å²) in [4.78, 5) is 12.5. The highest BCUT2D eigenvalue weighted by molar-refractivity contribution is 9.12. The molecule has 5 heteroatoms. The lowest BCUT2D eigenvalue weighted by atomic mass is 9.95. The molecule has 1 aliphatic carbocycles. The van der Waals surface area contributed by atoms with Gasteiger partial charge in [-0.15, -0.1) is 0 Å². The molecule has 16 heavy (non-hydrogen) atoms. The van der Waals surface area contributed by atoms with E-state index in [2.05, 4.69) is 37.2 Å². The highest BCUT2D eigenvalue weighted by Gasteiger charge is 2.28. The maximum atomic E-state index is 11.6. The molecule has 1 fully saturated rings. The Hall–Kier alpha value is 0.230. The molecule has 0 aromatic rings. The second-order valence-corrected chi connectivity index (χ2v) is 7.54. The Morgan fingerprint density at radius 2 is 1.88 bits per heavy atom. The third-order valence-electron chi connectivity index (χ3n) is 2.41. The highest BCUT2D eigenvalue weighted by atomic mass is 79.9. The largest absolute Gasteiger partial charge is 0.444 e. The van der Waals surface area contributed by atoms with Crippen molar-refractivity contribution in [1.29, 1.82) is 0 Å². The van der Waals surface area contributed by atoms with Crippen LogP contribution in [0.5, 0.6) is 0 Å². The van der Waals surface area contributed by atoms with Crippen molar-refractivity contribution in [3.05, 3.63) is 0 Å². The molecule has 0 unspecified atom stereocenters. The Labute approximate surface area is 114 Å². The van der Waals surface area contributed by atoms with Gasteiger partial charge >= 0.3 is 6.09 Å². The number of hydrogen-bond donors (Lipinski definition) is 1. The van der Waals surface area contributed by atoms with Gasteiger partial charge in [0.1, 0.15) is 5.60 Å². The summed E-state index contributed by atoms with van der Waals surface area (Å²) < 4.78 is 5.23. The zero-order chi connectivity index (χ0) is 12.3. The van der Waals surface area contributed by atoms with E-state index in [1.165, 1.54) is 0 Å². The molecular formula is C11H19Br2NO2. The van der Waals surface area contributed by atoms with E-state index in [9.17, 15) is 4.79 Å². The fourth-order valence-electron chi connectivity index (χ4n) is 1.68. The first kappa shape index (κ1) is 14.3. The lowest BCUT2D eigenvalue weighted by Gasteiger charge is -2.31. The van der Waals surface area contributed by atoms with Crippen LogP contribution in [0.3, 0.4) is 0 Å². The third kappa shape index (κ3) is 5.04. The van der Waals surface area contributed by atoms with Gasteiger partial charge in [-0.1, -0.05) is 31.9 Å². The van der Waals surface area contributed by atoms with Crippen molar-refractivity contribution < 1.29 is 9.53 Å². The number of amides is 1. The van der Waals surface area contributed by atoms with Crippen LogP contribution in [-0.2, 0) is 4.74 Å². The van der Waals surface area contributed by atoms with E-state index in [-0.39, 0.29) is 12.1 Å². The fourth-order valence-corrected chi connectivity index (χ4v) is 2.88. The summed E-state index contributed by atoms with van der Waals surface area (Å²) in [5.74, 6) is 0. The molecule has 0 aromatic heterocycles. The van der Waals surface area contributed by atoms with Crippen LogP contribution in [0.25, 0.3) is 0 Å². The van der Waals surface area contributed by atoms with E-state index in [0.29, 0.717) is 9.65 Å². The maximum absolute atomic E-state index is 11.6. The van der Waals surface area contributed by atoms with Crippen LogP contribution < -0.4 is 5.32 Å². The van der Waals surface area contributed by atoms with Crippen LogP contribution in [0.4, 0.5) is 4.79 Å². The molecule has 0 heterocycles. The molecule has 0 radical (unpaired) electrons. The smallest absolute Gasteiger partial charge is 0.407 e. The normalized spacial score (nSPS) is 30.9. The van der Waals surface area contributed by atoms with E-state index in [1.54, 1.807) is 0 Å².